The highest BCUT2D eigenvalue weighted by atomic mass is 79.9. The minimum absolute atomic E-state index is 0.395. The van der Waals surface area contributed by atoms with Crippen molar-refractivity contribution >= 4 is 31.9 Å². The van der Waals surface area contributed by atoms with Crippen molar-refractivity contribution in [2.24, 2.45) is 11.3 Å². The van der Waals surface area contributed by atoms with Crippen molar-refractivity contribution in [1.29, 1.82) is 0 Å². The van der Waals surface area contributed by atoms with E-state index in [1.807, 2.05) is 0 Å². The van der Waals surface area contributed by atoms with Gasteiger partial charge in [0.15, 0.2) is 0 Å². The van der Waals surface area contributed by atoms with Gasteiger partial charge in [0.05, 0.1) is 0 Å². The van der Waals surface area contributed by atoms with Crippen molar-refractivity contribution in [3.05, 3.63) is 35.4 Å². The van der Waals surface area contributed by atoms with Crippen LogP contribution in [-0.2, 0) is 6.42 Å². The molecule has 2 rings (SSSR count). The summed E-state index contributed by atoms with van der Waals surface area (Å²) < 4.78 is 0. The van der Waals surface area contributed by atoms with Crippen LogP contribution in [0.4, 0.5) is 0 Å². The van der Waals surface area contributed by atoms with Gasteiger partial charge in [-0.1, -0.05) is 74.5 Å². The van der Waals surface area contributed by atoms with Crippen LogP contribution >= 0.6 is 31.9 Å². The van der Waals surface area contributed by atoms with Gasteiger partial charge >= 0.3 is 0 Å². The maximum Gasteiger partial charge on any atom is 0.0102 e. The lowest BCUT2D eigenvalue weighted by atomic mass is 9.73. The van der Waals surface area contributed by atoms with Gasteiger partial charge in [-0.15, -0.1) is 0 Å². The Labute approximate surface area is 128 Å². The van der Waals surface area contributed by atoms with Gasteiger partial charge in [-0.2, -0.15) is 0 Å². The lowest BCUT2D eigenvalue weighted by molar-refractivity contribution is 0.233. The van der Waals surface area contributed by atoms with Crippen LogP contribution in [-0.4, -0.2) is 10.7 Å². The Morgan fingerprint density at radius 3 is 2.11 bits per heavy atom. The average Bonchev–Trinajstić information content (AvgIpc) is 2.93. The Kier molecular flexibility index (Phi) is 5.32. The quantitative estimate of drug-likeness (QED) is 0.597. The van der Waals surface area contributed by atoms with Crippen molar-refractivity contribution in [3.63, 3.8) is 0 Å². The third-order valence-corrected chi connectivity index (χ3v) is 6.66. The molecule has 1 aliphatic carbocycles. The molecule has 1 aromatic rings. The predicted molar refractivity (Wildman–Crippen MR) is 86.9 cm³/mol. The zero-order chi connectivity index (χ0) is 13.0. The van der Waals surface area contributed by atoms with Crippen molar-refractivity contribution in [3.8, 4) is 0 Å². The van der Waals surface area contributed by atoms with E-state index in [1.54, 1.807) is 0 Å². The van der Waals surface area contributed by atoms with Crippen LogP contribution in [0, 0.1) is 18.3 Å². The Morgan fingerprint density at radius 2 is 1.61 bits per heavy atom. The molecule has 0 aliphatic heterocycles. The largest absolute Gasteiger partial charge is 0.0921 e. The number of benzene rings is 1. The molecule has 0 atom stereocenters. The summed E-state index contributed by atoms with van der Waals surface area (Å²) >= 11 is 7.57. The normalized spacial score (nSPS) is 17.3. The molecule has 0 spiro atoms. The average molecular weight is 374 g/mol. The SMILES string of the molecule is Cc1ccc(CC(CBr)(CBr)C2CCCC2)cc1. The fourth-order valence-electron chi connectivity index (χ4n) is 3.14. The van der Waals surface area contributed by atoms with Crippen molar-refractivity contribution in [1.82, 2.24) is 0 Å². The van der Waals surface area contributed by atoms with Crippen LogP contribution in [0.25, 0.3) is 0 Å². The standard InChI is InChI=1S/C16H22Br2/c1-13-6-8-14(9-7-13)10-16(11-17,12-18)15-4-2-3-5-15/h6-9,15H,2-5,10-12H2,1H3. The van der Waals surface area contributed by atoms with Crippen LogP contribution in [0.3, 0.4) is 0 Å². The monoisotopic (exact) mass is 372 g/mol. The van der Waals surface area contributed by atoms with Gasteiger partial charge in [-0.05, 0) is 43.1 Å². The Bertz CT molecular complexity index is 359. The van der Waals surface area contributed by atoms with Crippen LogP contribution in [0.15, 0.2) is 24.3 Å². The zero-order valence-electron chi connectivity index (χ0n) is 11.1. The number of rotatable bonds is 5. The summed E-state index contributed by atoms with van der Waals surface area (Å²) in [5, 5.41) is 2.20. The molecule has 0 saturated heterocycles. The number of alkyl halides is 2. The van der Waals surface area contributed by atoms with Gasteiger partial charge < -0.3 is 0 Å². The first-order chi connectivity index (χ1) is 8.70. The van der Waals surface area contributed by atoms with E-state index in [1.165, 1.54) is 43.2 Å². The maximum absolute atomic E-state index is 3.79. The fourth-order valence-corrected chi connectivity index (χ4v) is 5.38. The molecule has 100 valence electrons. The molecule has 0 radical (unpaired) electrons. The first kappa shape index (κ1) is 14.6. The predicted octanol–water partition coefficient (Wildman–Crippen LogP) is 5.50. The van der Waals surface area contributed by atoms with Gasteiger partial charge in [-0.3, -0.25) is 0 Å². The fraction of sp³-hybridized carbons (Fsp3) is 0.625. The van der Waals surface area contributed by atoms with Crippen molar-refractivity contribution in [2.45, 2.75) is 39.0 Å². The number of hydrogen-bond acceptors (Lipinski definition) is 0. The smallest absolute Gasteiger partial charge is 0.0102 e. The molecule has 0 aromatic heterocycles. The highest BCUT2D eigenvalue weighted by molar-refractivity contribution is 9.09. The summed E-state index contributed by atoms with van der Waals surface area (Å²) in [5.74, 6) is 0.873. The molecule has 0 nitrogen and oxygen atoms in total. The Hall–Kier alpha value is 0.180. The molecule has 0 amide bonds. The van der Waals surface area contributed by atoms with E-state index < -0.39 is 0 Å². The third kappa shape index (κ3) is 3.19. The molecule has 18 heavy (non-hydrogen) atoms. The minimum Gasteiger partial charge on any atom is -0.0921 e. The highest BCUT2D eigenvalue weighted by Gasteiger charge is 2.38. The summed E-state index contributed by atoms with van der Waals surface area (Å²) in [6.07, 6.45) is 6.83. The second-order valence-electron chi connectivity index (χ2n) is 5.77. The zero-order valence-corrected chi connectivity index (χ0v) is 14.3. The van der Waals surface area contributed by atoms with Gasteiger partial charge in [-0.25, -0.2) is 0 Å². The van der Waals surface area contributed by atoms with Crippen LogP contribution in [0.2, 0.25) is 0 Å². The summed E-state index contributed by atoms with van der Waals surface area (Å²) in [6, 6.07) is 9.06. The van der Waals surface area contributed by atoms with Gasteiger partial charge in [0.1, 0.15) is 0 Å². The molecule has 0 N–H and O–H groups in total. The molecule has 1 fully saturated rings. The number of aryl methyl sites for hydroxylation is 1. The number of hydrogen-bond donors (Lipinski definition) is 0. The second kappa shape index (κ2) is 6.56. The summed E-state index contributed by atoms with van der Waals surface area (Å²) in [6.45, 7) is 2.16. The van der Waals surface area contributed by atoms with Gasteiger partial charge in [0.2, 0.25) is 0 Å². The molecule has 1 aliphatic rings. The molecule has 0 unspecified atom stereocenters. The van der Waals surface area contributed by atoms with Crippen LogP contribution < -0.4 is 0 Å². The molecular formula is C16H22Br2. The minimum atomic E-state index is 0.395. The lowest BCUT2D eigenvalue weighted by Crippen LogP contribution is -2.35. The van der Waals surface area contributed by atoms with E-state index in [0.717, 1.165) is 16.6 Å². The van der Waals surface area contributed by atoms with Crippen LogP contribution in [0.1, 0.15) is 36.8 Å². The first-order valence-corrected chi connectivity index (χ1v) is 9.12. The highest BCUT2D eigenvalue weighted by Crippen LogP contribution is 2.44. The van der Waals surface area contributed by atoms with Crippen molar-refractivity contribution < 1.29 is 0 Å². The molecule has 0 bridgehead atoms. The second-order valence-corrected chi connectivity index (χ2v) is 6.89. The molecule has 2 heteroatoms. The van der Waals surface area contributed by atoms with Crippen molar-refractivity contribution in [2.75, 3.05) is 10.7 Å². The van der Waals surface area contributed by atoms with E-state index in [9.17, 15) is 0 Å². The molecule has 0 heterocycles. The number of halogens is 2. The topological polar surface area (TPSA) is 0 Å². The molecule has 1 saturated carbocycles. The maximum atomic E-state index is 3.79. The van der Waals surface area contributed by atoms with Crippen LogP contribution in [0.5, 0.6) is 0 Å². The lowest BCUT2D eigenvalue weighted by Gasteiger charge is -2.36. The summed E-state index contributed by atoms with van der Waals surface area (Å²) in [4.78, 5) is 0. The summed E-state index contributed by atoms with van der Waals surface area (Å²) in [7, 11) is 0. The van der Waals surface area contributed by atoms with E-state index in [-0.39, 0.29) is 0 Å². The van der Waals surface area contributed by atoms with E-state index in [2.05, 4.69) is 63.0 Å². The molecular weight excluding hydrogens is 352 g/mol. The van der Waals surface area contributed by atoms with E-state index in [4.69, 9.17) is 0 Å². The Morgan fingerprint density at radius 1 is 1.06 bits per heavy atom. The van der Waals surface area contributed by atoms with Gasteiger partial charge in [0, 0.05) is 10.7 Å². The van der Waals surface area contributed by atoms with E-state index in [0.29, 0.717) is 5.41 Å². The molecule has 1 aromatic carbocycles. The van der Waals surface area contributed by atoms with E-state index >= 15 is 0 Å². The third-order valence-electron chi connectivity index (χ3n) is 4.43. The van der Waals surface area contributed by atoms with Gasteiger partial charge in [0.25, 0.3) is 0 Å². The summed E-state index contributed by atoms with van der Waals surface area (Å²) in [5.41, 5.74) is 3.22. The Balaban J connectivity index is 2.16. The first-order valence-electron chi connectivity index (χ1n) is 6.88.